The first kappa shape index (κ1) is 18.1. The summed E-state index contributed by atoms with van der Waals surface area (Å²) in [5.41, 5.74) is 15.4. The normalized spacial score (nSPS) is 21.7. The topological polar surface area (TPSA) is 64.6 Å². The Morgan fingerprint density at radius 2 is 1.08 bits per heavy atom. The molecule has 0 bridgehead atoms. The van der Waals surface area contributed by atoms with E-state index in [0.717, 1.165) is 38.5 Å². The average molecular weight is 338 g/mol. The van der Waals surface area contributed by atoms with Gasteiger partial charge < -0.3 is 16.2 Å². The summed E-state index contributed by atoms with van der Waals surface area (Å²) in [6.07, 6.45) is 6.65. The maximum atomic E-state index is 6.31. The quantitative estimate of drug-likeness (QED) is 0.652. The number of aryl methyl sites for hydroxylation is 2. The van der Waals surface area contributed by atoms with E-state index in [1.807, 2.05) is 0 Å². The van der Waals surface area contributed by atoms with Crippen molar-refractivity contribution in [3.63, 3.8) is 0 Å². The maximum Gasteiger partial charge on any atom is 0.101 e. The summed E-state index contributed by atoms with van der Waals surface area (Å²) in [6, 6.07) is 21.3. The molecule has 0 amide bonds. The second-order valence-corrected chi connectivity index (χ2v) is 7.15. The molecule has 0 unspecified atom stereocenters. The van der Waals surface area contributed by atoms with Crippen LogP contribution in [0.4, 0.5) is 0 Å². The first-order valence-corrected chi connectivity index (χ1v) is 9.48. The van der Waals surface area contributed by atoms with Crippen molar-refractivity contribution in [2.75, 3.05) is 0 Å². The van der Waals surface area contributed by atoms with Crippen LogP contribution in [0.15, 0.2) is 60.7 Å². The summed E-state index contributed by atoms with van der Waals surface area (Å²) in [4.78, 5) is 0. The molecule has 25 heavy (non-hydrogen) atoms. The van der Waals surface area contributed by atoms with Crippen LogP contribution < -0.4 is 11.5 Å². The Kier molecular flexibility index (Phi) is 6.62. The van der Waals surface area contributed by atoms with Gasteiger partial charge in [-0.15, -0.1) is 0 Å². The van der Waals surface area contributed by atoms with E-state index in [1.165, 1.54) is 11.1 Å². The van der Waals surface area contributed by atoms with Gasteiger partial charge in [-0.05, 0) is 49.7 Å². The molecule has 4 N–H and O–H groups in total. The molecule has 0 spiro atoms. The highest BCUT2D eigenvalue weighted by molar-refractivity contribution is 5.15. The highest BCUT2D eigenvalue weighted by atomic mass is 16.6. The van der Waals surface area contributed by atoms with E-state index in [0.29, 0.717) is 0 Å². The molecule has 3 rings (SSSR count). The van der Waals surface area contributed by atoms with E-state index in [2.05, 4.69) is 60.7 Å². The van der Waals surface area contributed by atoms with Gasteiger partial charge in [0.1, 0.15) is 12.2 Å². The van der Waals surface area contributed by atoms with E-state index in [1.54, 1.807) is 0 Å². The van der Waals surface area contributed by atoms with Gasteiger partial charge in [-0.25, -0.2) is 0 Å². The summed E-state index contributed by atoms with van der Waals surface area (Å²) in [5.74, 6) is 0. The number of rotatable bonds is 10. The molecule has 2 aromatic rings. The number of benzene rings is 2. The van der Waals surface area contributed by atoms with Gasteiger partial charge in [0, 0.05) is 12.1 Å². The molecule has 1 aliphatic heterocycles. The standard InChI is InChI=1S/C22H30N2O/c23-19(15-7-13-17-9-3-1-4-10-17)21-22(25-21)20(24)16-8-14-18-11-5-2-6-12-18/h1-6,9-12,19-22H,7-8,13-16,23-24H2/t19-,20-,21-,22+/m0/s1. The second-order valence-electron chi connectivity index (χ2n) is 7.15. The lowest BCUT2D eigenvalue weighted by Crippen LogP contribution is -2.34. The Labute approximate surface area is 151 Å². The molecule has 1 saturated heterocycles. The van der Waals surface area contributed by atoms with Gasteiger partial charge in [-0.3, -0.25) is 0 Å². The summed E-state index contributed by atoms with van der Waals surface area (Å²) >= 11 is 0. The molecule has 1 aliphatic rings. The van der Waals surface area contributed by atoms with Crippen molar-refractivity contribution in [3.8, 4) is 0 Å². The summed E-state index contributed by atoms with van der Waals surface area (Å²) in [6.45, 7) is 0. The van der Waals surface area contributed by atoms with Crippen LogP contribution in [0.5, 0.6) is 0 Å². The minimum Gasteiger partial charge on any atom is -0.366 e. The van der Waals surface area contributed by atoms with Crippen molar-refractivity contribution in [2.24, 2.45) is 11.5 Å². The largest absolute Gasteiger partial charge is 0.366 e. The Morgan fingerprint density at radius 1 is 0.680 bits per heavy atom. The number of hydrogen-bond acceptors (Lipinski definition) is 3. The first-order valence-electron chi connectivity index (χ1n) is 9.48. The minimum absolute atomic E-state index is 0.105. The van der Waals surface area contributed by atoms with Gasteiger partial charge in [-0.2, -0.15) is 0 Å². The van der Waals surface area contributed by atoms with Crippen LogP contribution in [0, 0.1) is 0 Å². The first-order chi connectivity index (χ1) is 12.2. The molecule has 134 valence electrons. The second kappa shape index (κ2) is 9.14. The van der Waals surface area contributed by atoms with Gasteiger partial charge in [-0.1, -0.05) is 60.7 Å². The highest BCUT2D eigenvalue weighted by Crippen LogP contribution is 2.30. The third-order valence-corrected chi connectivity index (χ3v) is 5.10. The van der Waals surface area contributed by atoms with Crippen molar-refractivity contribution >= 4 is 0 Å². The Hall–Kier alpha value is -1.68. The van der Waals surface area contributed by atoms with Gasteiger partial charge in [0.25, 0.3) is 0 Å². The zero-order valence-electron chi connectivity index (χ0n) is 14.9. The lowest BCUT2D eigenvalue weighted by atomic mass is 9.97. The Balaban J connectivity index is 1.31. The van der Waals surface area contributed by atoms with Crippen molar-refractivity contribution in [1.82, 2.24) is 0 Å². The van der Waals surface area contributed by atoms with Gasteiger partial charge in [0.05, 0.1) is 0 Å². The predicted octanol–water partition coefficient (Wildman–Crippen LogP) is 3.45. The predicted molar refractivity (Wildman–Crippen MR) is 103 cm³/mol. The maximum absolute atomic E-state index is 6.31. The molecule has 3 heteroatoms. The van der Waals surface area contributed by atoms with Gasteiger partial charge >= 0.3 is 0 Å². The van der Waals surface area contributed by atoms with Crippen LogP contribution >= 0.6 is 0 Å². The molecule has 0 aromatic heterocycles. The Bertz CT molecular complexity index is 561. The highest BCUT2D eigenvalue weighted by Gasteiger charge is 2.46. The molecule has 1 heterocycles. The van der Waals surface area contributed by atoms with Crippen molar-refractivity contribution in [1.29, 1.82) is 0 Å². The van der Waals surface area contributed by atoms with Crippen molar-refractivity contribution in [3.05, 3.63) is 71.8 Å². The fourth-order valence-corrected chi connectivity index (χ4v) is 3.53. The minimum atomic E-state index is 0.105. The molecule has 3 nitrogen and oxygen atoms in total. The summed E-state index contributed by atoms with van der Waals surface area (Å²) in [5, 5.41) is 0. The van der Waals surface area contributed by atoms with Crippen LogP contribution in [-0.2, 0) is 17.6 Å². The van der Waals surface area contributed by atoms with Crippen LogP contribution in [0.25, 0.3) is 0 Å². The molecule has 0 saturated carbocycles. The summed E-state index contributed by atoms with van der Waals surface area (Å²) < 4.78 is 5.80. The lowest BCUT2D eigenvalue weighted by molar-refractivity contribution is 0.321. The zero-order valence-corrected chi connectivity index (χ0v) is 14.9. The van der Waals surface area contributed by atoms with E-state index in [4.69, 9.17) is 16.2 Å². The molecule has 4 atom stereocenters. The van der Waals surface area contributed by atoms with Crippen LogP contribution in [0.1, 0.15) is 36.8 Å². The lowest BCUT2D eigenvalue weighted by Gasteiger charge is -2.11. The number of epoxide rings is 1. The van der Waals surface area contributed by atoms with Gasteiger partial charge in [0.15, 0.2) is 0 Å². The monoisotopic (exact) mass is 338 g/mol. The number of nitrogens with two attached hydrogens (primary N) is 2. The van der Waals surface area contributed by atoms with E-state index in [9.17, 15) is 0 Å². The average Bonchev–Trinajstić information content (AvgIpc) is 3.44. The van der Waals surface area contributed by atoms with E-state index < -0.39 is 0 Å². The Morgan fingerprint density at radius 3 is 1.48 bits per heavy atom. The molecular weight excluding hydrogens is 308 g/mol. The van der Waals surface area contributed by atoms with Crippen molar-refractivity contribution in [2.45, 2.75) is 62.8 Å². The third kappa shape index (κ3) is 5.67. The third-order valence-electron chi connectivity index (χ3n) is 5.10. The fraction of sp³-hybridized carbons (Fsp3) is 0.455. The zero-order chi connectivity index (χ0) is 17.5. The number of ether oxygens (including phenoxy) is 1. The van der Waals surface area contributed by atoms with Gasteiger partial charge in [0.2, 0.25) is 0 Å². The fourth-order valence-electron chi connectivity index (χ4n) is 3.53. The van der Waals surface area contributed by atoms with Crippen molar-refractivity contribution < 1.29 is 4.74 Å². The summed E-state index contributed by atoms with van der Waals surface area (Å²) in [7, 11) is 0. The van der Waals surface area contributed by atoms with E-state index >= 15 is 0 Å². The van der Waals surface area contributed by atoms with Crippen LogP contribution in [0.3, 0.4) is 0 Å². The van der Waals surface area contributed by atoms with Crippen LogP contribution in [0.2, 0.25) is 0 Å². The molecular formula is C22H30N2O. The molecule has 0 aliphatic carbocycles. The SMILES string of the molecule is N[C@@H](CCCc1ccccc1)[C@@H]1O[C@@H]1[C@@H](N)CCCc1ccccc1. The number of hydrogen-bond donors (Lipinski definition) is 2. The smallest absolute Gasteiger partial charge is 0.101 e. The molecule has 1 fully saturated rings. The molecule has 0 radical (unpaired) electrons. The molecule has 2 aromatic carbocycles. The van der Waals surface area contributed by atoms with Crippen LogP contribution in [-0.4, -0.2) is 24.3 Å². The van der Waals surface area contributed by atoms with E-state index in [-0.39, 0.29) is 24.3 Å².